The van der Waals surface area contributed by atoms with Crippen LogP contribution in [0.4, 0.5) is 17.6 Å². The minimum atomic E-state index is -1.29. The quantitative estimate of drug-likeness (QED) is 0.176. The molecule has 37 heavy (non-hydrogen) atoms. The Hall–Kier alpha value is -3.55. The van der Waals surface area contributed by atoms with Crippen LogP contribution in [0.1, 0.15) is 51.0 Å². The fourth-order valence-corrected chi connectivity index (χ4v) is 4.69. The summed E-state index contributed by atoms with van der Waals surface area (Å²) in [6.07, 6.45) is 1.57. The highest BCUT2D eigenvalue weighted by atomic mass is 19.2. The van der Waals surface area contributed by atoms with E-state index >= 15 is 4.39 Å². The second-order valence-corrected chi connectivity index (χ2v) is 8.88. The molecule has 8 heteroatoms. The second kappa shape index (κ2) is 11.7. The van der Waals surface area contributed by atoms with E-state index in [1.54, 1.807) is 43.3 Å². The summed E-state index contributed by atoms with van der Waals surface area (Å²) in [5, 5.41) is 0. The molecular formula is C29H28F4O4. The van der Waals surface area contributed by atoms with Crippen LogP contribution >= 0.6 is 0 Å². The molecule has 1 saturated carbocycles. The largest absolute Gasteiger partial charge is 0.494 e. The van der Waals surface area contributed by atoms with Crippen LogP contribution in [-0.4, -0.2) is 19.2 Å². The maximum atomic E-state index is 15.1. The minimum absolute atomic E-state index is 0.158. The number of benzene rings is 3. The maximum Gasteiger partial charge on any atom is 0.314 e. The molecule has 0 spiro atoms. The molecule has 196 valence electrons. The Morgan fingerprint density at radius 1 is 0.730 bits per heavy atom. The summed E-state index contributed by atoms with van der Waals surface area (Å²) in [5.74, 6) is -5.96. The molecule has 0 saturated heterocycles. The van der Waals surface area contributed by atoms with E-state index in [4.69, 9.17) is 14.2 Å². The molecular weight excluding hydrogens is 488 g/mol. The first-order chi connectivity index (χ1) is 17.8. The molecule has 0 atom stereocenters. The van der Waals surface area contributed by atoms with Crippen molar-refractivity contribution in [2.75, 3.05) is 13.2 Å². The Labute approximate surface area is 213 Å². The van der Waals surface area contributed by atoms with E-state index in [1.807, 2.05) is 6.92 Å². The van der Waals surface area contributed by atoms with Gasteiger partial charge in [0.2, 0.25) is 11.6 Å². The van der Waals surface area contributed by atoms with Crippen LogP contribution < -0.4 is 14.2 Å². The van der Waals surface area contributed by atoms with Gasteiger partial charge < -0.3 is 14.2 Å². The third kappa shape index (κ3) is 5.73. The van der Waals surface area contributed by atoms with Gasteiger partial charge in [-0.3, -0.25) is 4.79 Å². The molecule has 1 fully saturated rings. The van der Waals surface area contributed by atoms with Crippen LogP contribution in [0.25, 0.3) is 11.1 Å². The molecule has 3 aromatic rings. The normalized spacial score (nSPS) is 17.4. The van der Waals surface area contributed by atoms with E-state index in [1.165, 1.54) is 6.07 Å². The van der Waals surface area contributed by atoms with Gasteiger partial charge in [0.05, 0.1) is 19.1 Å². The molecule has 0 unspecified atom stereocenters. The Bertz CT molecular complexity index is 1250. The van der Waals surface area contributed by atoms with Gasteiger partial charge >= 0.3 is 5.97 Å². The van der Waals surface area contributed by atoms with Crippen molar-refractivity contribution in [2.24, 2.45) is 5.92 Å². The molecule has 0 amide bonds. The summed E-state index contributed by atoms with van der Waals surface area (Å²) in [6, 6.07) is 12.3. The number of ether oxygens (including phenoxy) is 3. The highest BCUT2D eigenvalue weighted by Crippen LogP contribution is 2.40. The van der Waals surface area contributed by atoms with Crippen molar-refractivity contribution in [1.29, 1.82) is 0 Å². The Kier molecular flexibility index (Phi) is 8.36. The third-order valence-electron chi connectivity index (χ3n) is 6.61. The molecule has 0 aromatic heterocycles. The van der Waals surface area contributed by atoms with Crippen LogP contribution in [0.15, 0.2) is 48.5 Å². The predicted molar refractivity (Wildman–Crippen MR) is 131 cm³/mol. The summed E-state index contributed by atoms with van der Waals surface area (Å²) in [6.45, 7) is 4.17. The fourth-order valence-electron chi connectivity index (χ4n) is 4.69. The van der Waals surface area contributed by atoms with Gasteiger partial charge in [0.15, 0.2) is 23.1 Å². The van der Waals surface area contributed by atoms with Gasteiger partial charge in [-0.1, -0.05) is 24.3 Å². The Morgan fingerprint density at radius 2 is 1.35 bits per heavy atom. The zero-order valence-electron chi connectivity index (χ0n) is 20.7. The summed E-state index contributed by atoms with van der Waals surface area (Å²) in [5.41, 5.74) is 0.959. The predicted octanol–water partition coefficient (Wildman–Crippen LogP) is 7.59. The van der Waals surface area contributed by atoms with E-state index in [-0.39, 0.29) is 29.4 Å². The molecule has 3 aromatic carbocycles. The van der Waals surface area contributed by atoms with E-state index in [0.29, 0.717) is 43.6 Å². The average Bonchev–Trinajstić information content (AvgIpc) is 2.91. The number of rotatable bonds is 8. The lowest BCUT2D eigenvalue weighted by Crippen LogP contribution is -2.26. The Balaban J connectivity index is 1.40. The first kappa shape index (κ1) is 26.5. The molecule has 1 aliphatic carbocycles. The fraction of sp³-hybridized carbons (Fsp3) is 0.345. The van der Waals surface area contributed by atoms with Crippen molar-refractivity contribution in [3.8, 4) is 28.4 Å². The lowest BCUT2D eigenvalue weighted by molar-refractivity contribution is -0.140. The van der Waals surface area contributed by atoms with E-state index in [9.17, 15) is 18.0 Å². The zero-order valence-corrected chi connectivity index (χ0v) is 20.7. The maximum absolute atomic E-state index is 15.1. The van der Waals surface area contributed by atoms with Crippen molar-refractivity contribution in [3.05, 3.63) is 77.4 Å². The summed E-state index contributed by atoms with van der Waals surface area (Å²) in [7, 11) is 0. The highest BCUT2D eigenvalue weighted by molar-refractivity contribution is 5.75. The first-order valence-electron chi connectivity index (χ1n) is 12.4. The summed E-state index contributed by atoms with van der Waals surface area (Å²) >= 11 is 0. The van der Waals surface area contributed by atoms with Gasteiger partial charge in [-0.15, -0.1) is 0 Å². The summed E-state index contributed by atoms with van der Waals surface area (Å²) < 4.78 is 73.9. The SMILES string of the molecule is CCOc1ccc(-c2ccc(C3CCC(C(=O)Oc4ccc(OCC)c(F)c4F)CC3)c(F)c2F)cc1. The summed E-state index contributed by atoms with van der Waals surface area (Å²) in [4.78, 5) is 12.6. The molecule has 0 N–H and O–H groups in total. The standard InChI is InChI=1S/C29H28F4O4/c1-3-35-20-11-9-18(10-12-20)22-14-13-21(25(30)26(22)31)17-5-7-19(8-6-17)29(34)37-24-16-15-23(36-4-2)27(32)28(24)33/h9-17,19H,3-8H2,1-2H3. The van der Waals surface area contributed by atoms with Crippen molar-refractivity contribution in [3.63, 3.8) is 0 Å². The average molecular weight is 517 g/mol. The highest BCUT2D eigenvalue weighted by Gasteiger charge is 2.31. The van der Waals surface area contributed by atoms with E-state index in [2.05, 4.69) is 0 Å². The molecule has 0 aliphatic heterocycles. The van der Waals surface area contributed by atoms with Crippen LogP contribution in [0, 0.1) is 29.2 Å². The molecule has 4 rings (SSSR count). The van der Waals surface area contributed by atoms with Crippen molar-refractivity contribution >= 4 is 5.97 Å². The van der Waals surface area contributed by atoms with E-state index < -0.39 is 40.9 Å². The third-order valence-corrected chi connectivity index (χ3v) is 6.61. The zero-order chi connectivity index (χ0) is 26.5. The van der Waals surface area contributed by atoms with Gasteiger partial charge in [0.1, 0.15) is 5.75 Å². The van der Waals surface area contributed by atoms with Gasteiger partial charge in [-0.25, -0.2) is 8.78 Å². The number of carbonyl (C=O) groups is 1. The molecule has 0 heterocycles. The lowest BCUT2D eigenvalue weighted by atomic mass is 9.78. The molecule has 0 radical (unpaired) electrons. The van der Waals surface area contributed by atoms with Crippen molar-refractivity contribution < 1.29 is 36.6 Å². The lowest BCUT2D eigenvalue weighted by Gasteiger charge is -2.28. The van der Waals surface area contributed by atoms with Crippen LogP contribution in [0.2, 0.25) is 0 Å². The molecule has 1 aliphatic rings. The topological polar surface area (TPSA) is 44.8 Å². The number of hydrogen-bond donors (Lipinski definition) is 0. The number of hydrogen-bond acceptors (Lipinski definition) is 4. The van der Waals surface area contributed by atoms with Crippen molar-refractivity contribution in [1.82, 2.24) is 0 Å². The van der Waals surface area contributed by atoms with E-state index in [0.717, 1.165) is 6.07 Å². The van der Waals surface area contributed by atoms with Gasteiger partial charge in [-0.05, 0) is 80.8 Å². The second-order valence-electron chi connectivity index (χ2n) is 8.88. The van der Waals surface area contributed by atoms with Gasteiger partial charge in [0.25, 0.3) is 0 Å². The first-order valence-corrected chi connectivity index (χ1v) is 12.4. The number of halogens is 4. The van der Waals surface area contributed by atoms with Crippen LogP contribution in [-0.2, 0) is 4.79 Å². The minimum Gasteiger partial charge on any atom is -0.494 e. The van der Waals surface area contributed by atoms with Gasteiger partial charge in [-0.2, -0.15) is 8.78 Å². The monoisotopic (exact) mass is 516 g/mol. The molecule has 0 bridgehead atoms. The molecule has 4 nitrogen and oxygen atoms in total. The van der Waals surface area contributed by atoms with Crippen LogP contribution in [0.5, 0.6) is 17.2 Å². The number of carbonyl (C=O) groups excluding carboxylic acids is 1. The van der Waals surface area contributed by atoms with Gasteiger partial charge in [0, 0.05) is 5.56 Å². The van der Waals surface area contributed by atoms with Crippen LogP contribution in [0.3, 0.4) is 0 Å². The number of esters is 1. The Morgan fingerprint density at radius 3 is 2.00 bits per heavy atom. The smallest absolute Gasteiger partial charge is 0.314 e. The van der Waals surface area contributed by atoms with Crippen molar-refractivity contribution in [2.45, 2.75) is 45.4 Å².